The summed E-state index contributed by atoms with van der Waals surface area (Å²) in [6.45, 7) is 1.34. The number of hydrogen-bond acceptors (Lipinski definition) is 4. The Labute approximate surface area is 181 Å². The van der Waals surface area contributed by atoms with Crippen LogP contribution in [0.5, 0.6) is 5.75 Å². The van der Waals surface area contributed by atoms with E-state index in [0.717, 1.165) is 4.31 Å². The third-order valence-corrected chi connectivity index (χ3v) is 6.41. The molecule has 0 aromatic heterocycles. The zero-order valence-electron chi connectivity index (χ0n) is 16.5. The van der Waals surface area contributed by atoms with E-state index >= 15 is 0 Å². The Balaban J connectivity index is 1.96. The first-order valence-electron chi connectivity index (χ1n) is 9.09. The Morgan fingerprint density at radius 2 is 1.77 bits per heavy atom. The molecule has 3 aromatic rings. The predicted molar refractivity (Wildman–Crippen MR) is 119 cm³/mol. The van der Waals surface area contributed by atoms with Gasteiger partial charge < -0.3 is 10.1 Å². The summed E-state index contributed by atoms with van der Waals surface area (Å²) >= 11 is 6.04. The second kappa shape index (κ2) is 9.19. The van der Waals surface area contributed by atoms with Gasteiger partial charge in [0.05, 0.1) is 17.7 Å². The maximum Gasteiger partial charge on any atom is 0.264 e. The van der Waals surface area contributed by atoms with Crippen LogP contribution < -0.4 is 14.4 Å². The van der Waals surface area contributed by atoms with Crippen LogP contribution in [-0.4, -0.2) is 28.0 Å². The van der Waals surface area contributed by atoms with E-state index in [0.29, 0.717) is 27.7 Å². The van der Waals surface area contributed by atoms with Crippen molar-refractivity contribution in [2.45, 2.75) is 11.8 Å². The van der Waals surface area contributed by atoms with Crippen molar-refractivity contribution < 1.29 is 17.9 Å². The van der Waals surface area contributed by atoms with Crippen LogP contribution in [0.4, 0.5) is 11.4 Å². The molecule has 0 spiro atoms. The zero-order chi connectivity index (χ0) is 21.7. The average molecular weight is 445 g/mol. The van der Waals surface area contributed by atoms with Gasteiger partial charge in [0.15, 0.2) is 0 Å². The van der Waals surface area contributed by atoms with Crippen LogP contribution in [0.3, 0.4) is 0 Å². The molecule has 156 valence electrons. The molecule has 0 aliphatic rings. The normalized spacial score (nSPS) is 11.0. The molecule has 1 N–H and O–H groups in total. The molecule has 0 atom stereocenters. The van der Waals surface area contributed by atoms with Gasteiger partial charge in [0.1, 0.15) is 12.3 Å². The number of aryl methyl sites for hydroxylation is 1. The summed E-state index contributed by atoms with van der Waals surface area (Å²) in [5, 5.41) is 3.20. The highest BCUT2D eigenvalue weighted by Crippen LogP contribution is 2.29. The molecule has 0 heterocycles. The molecule has 0 fully saturated rings. The second-order valence-corrected chi connectivity index (χ2v) is 8.83. The summed E-state index contributed by atoms with van der Waals surface area (Å²) < 4.78 is 32.9. The van der Waals surface area contributed by atoms with Crippen LogP contribution in [-0.2, 0) is 14.8 Å². The number of benzene rings is 3. The first-order chi connectivity index (χ1) is 14.3. The number of sulfonamides is 1. The predicted octanol–water partition coefficient (Wildman–Crippen LogP) is 4.49. The largest absolute Gasteiger partial charge is 0.497 e. The van der Waals surface area contributed by atoms with Crippen LogP contribution in [0.25, 0.3) is 0 Å². The van der Waals surface area contributed by atoms with E-state index in [1.165, 1.54) is 19.2 Å². The third-order valence-electron chi connectivity index (χ3n) is 4.40. The SMILES string of the molecule is COc1cccc(NC(=O)CN(c2ccc(Cl)cc2C)S(=O)(=O)c2ccccc2)c1. The van der Waals surface area contributed by atoms with Crippen molar-refractivity contribution in [2.75, 3.05) is 23.3 Å². The molecule has 30 heavy (non-hydrogen) atoms. The Morgan fingerprint density at radius 3 is 2.43 bits per heavy atom. The highest BCUT2D eigenvalue weighted by molar-refractivity contribution is 7.92. The topological polar surface area (TPSA) is 75.7 Å². The van der Waals surface area contributed by atoms with E-state index in [9.17, 15) is 13.2 Å². The molecule has 0 saturated carbocycles. The van der Waals surface area contributed by atoms with Gasteiger partial charge in [-0.3, -0.25) is 9.10 Å². The number of amides is 1. The summed E-state index contributed by atoms with van der Waals surface area (Å²) in [5.74, 6) is 0.0900. The fourth-order valence-electron chi connectivity index (χ4n) is 2.95. The molecule has 3 aromatic carbocycles. The van der Waals surface area contributed by atoms with Crippen molar-refractivity contribution in [2.24, 2.45) is 0 Å². The molecular formula is C22H21ClN2O4S. The lowest BCUT2D eigenvalue weighted by molar-refractivity contribution is -0.114. The number of rotatable bonds is 7. The average Bonchev–Trinajstić information content (AvgIpc) is 2.73. The molecule has 0 saturated heterocycles. The van der Waals surface area contributed by atoms with Crippen LogP contribution in [0.2, 0.25) is 5.02 Å². The van der Waals surface area contributed by atoms with Crippen molar-refractivity contribution in [3.05, 3.63) is 83.4 Å². The maximum absolute atomic E-state index is 13.4. The molecule has 8 heteroatoms. The number of hydrogen-bond donors (Lipinski definition) is 1. The van der Waals surface area contributed by atoms with E-state index in [2.05, 4.69) is 5.32 Å². The number of carbonyl (C=O) groups excluding carboxylic acids is 1. The summed E-state index contributed by atoms with van der Waals surface area (Å²) in [6, 6.07) is 19.7. The van der Waals surface area contributed by atoms with Gasteiger partial charge in [0.2, 0.25) is 5.91 Å². The number of halogens is 1. The van der Waals surface area contributed by atoms with Gasteiger partial charge in [-0.05, 0) is 55.0 Å². The van der Waals surface area contributed by atoms with E-state index in [4.69, 9.17) is 16.3 Å². The number of nitrogens with zero attached hydrogens (tertiary/aromatic N) is 1. The Morgan fingerprint density at radius 1 is 1.03 bits per heavy atom. The highest BCUT2D eigenvalue weighted by atomic mass is 35.5. The van der Waals surface area contributed by atoms with Crippen LogP contribution >= 0.6 is 11.6 Å². The van der Waals surface area contributed by atoms with Gasteiger partial charge in [-0.1, -0.05) is 35.9 Å². The Hall–Kier alpha value is -3.03. The lowest BCUT2D eigenvalue weighted by Crippen LogP contribution is -2.38. The van der Waals surface area contributed by atoms with Crippen LogP contribution in [0.15, 0.2) is 77.7 Å². The van der Waals surface area contributed by atoms with Crippen molar-refractivity contribution in [3.8, 4) is 5.75 Å². The fourth-order valence-corrected chi connectivity index (χ4v) is 4.68. The quantitative estimate of drug-likeness (QED) is 0.582. The van der Waals surface area contributed by atoms with Gasteiger partial charge in [-0.2, -0.15) is 0 Å². The van der Waals surface area contributed by atoms with Gasteiger partial charge in [-0.25, -0.2) is 8.42 Å². The maximum atomic E-state index is 13.4. The molecular weight excluding hydrogens is 424 g/mol. The number of ether oxygens (including phenoxy) is 1. The molecule has 3 rings (SSSR count). The van der Waals surface area contributed by atoms with Crippen molar-refractivity contribution in [1.29, 1.82) is 0 Å². The van der Waals surface area contributed by atoms with E-state index in [-0.39, 0.29) is 4.90 Å². The Bertz CT molecular complexity index is 1150. The molecule has 1 amide bonds. The zero-order valence-corrected chi connectivity index (χ0v) is 18.1. The van der Waals surface area contributed by atoms with E-state index in [1.54, 1.807) is 67.6 Å². The first kappa shape index (κ1) is 21.7. The molecule has 0 unspecified atom stereocenters. The van der Waals surface area contributed by atoms with Gasteiger partial charge >= 0.3 is 0 Å². The lowest BCUT2D eigenvalue weighted by atomic mass is 10.2. The second-order valence-electron chi connectivity index (χ2n) is 6.54. The number of carbonyl (C=O) groups is 1. The standard InChI is InChI=1S/C22H21ClN2O4S/c1-16-13-17(23)11-12-21(16)25(30(27,28)20-9-4-3-5-10-20)15-22(26)24-18-7-6-8-19(14-18)29-2/h3-14H,15H2,1-2H3,(H,24,26). The lowest BCUT2D eigenvalue weighted by Gasteiger charge is -2.25. The summed E-state index contributed by atoms with van der Waals surface area (Å²) in [7, 11) is -2.46. The van der Waals surface area contributed by atoms with Crippen molar-refractivity contribution in [3.63, 3.8) is 0 Å². The minimum absolute atomic E-state index is 0.0912. The number of anilines is 2. The number of methoxy groups -OCH3 is 1. The molecule has 0 aliphatic carbocycles. The third kappa shape index (κ3) is 4.93. The highest BCUT2D eigenvalue weighted by Gasteiger charge is 2.28. The molecule has 6 nitrogen and oxygen atoms in total. The smallest absolute Gasteiger partial charge is 0.264 e. The fraction of sp³-hybridized carbons (Fsp3) is 0.136. The first-order valence-corrected chi connectivity index (χ1v) is 10.9. The summed E-state index contributed by atoms with van der Waals surface area (Å²) in [5.41, 5.74) is 1.52. The number of nitrogens with one attached hydrogen (secondary N) is 1. The minimum atomic E-state index is -3.98. The van der Waals surface area contributed by atoms with Gasteiger partial charge in [0.25, 0.3) is 10.0 Å². The van der Waals surface area contributed by atoms with Crippen molar-refractivity contribution >= 4 is 38.9 Å². The van der Waals surface area contributed by atoms with E-state index in [1.807, 2.05) is 0 Å². The van der Waals surface area contributed by atoms with E-state index < -0.39 is 22.5 Å². The summed E-state index contributed by atoms with van der Waals surface area (Å²) in [4.78, 5) is 12.9. The Kier molecular flexibility index (Phi) is 6.64. The molecule has 0 bridgehead atoms. The monoisotopic (exact) mass is 444 g/mol. The minimum Gasteiger partial charge on any atom is -0.497 e. The molecule has 0 radical (unpaired) electrons. The van der Waals surface area contributed by atoms with Crippen molar-refractivity contribution in [1.82, 2.24) is 0 Å². The summed E-state index contributed by atoms with van der Waals surface area (Å²) in [6.07, 6.45) is 0. The van der Waals surface area contributed by atoms with Gasteiger partial charge in [-0.15, -0.1) is 0 Å². The van der Waals surface area contributed by atoms with Crippen LogP contribution in [0, 0.1) is 6.92 Å². The van der Waals surface area contributed by atoms with Gasteiger partial charge in [0, 0.05) is 16.8 Å². The van der Waals surface area contributed by atoms with Crippen LogP contribution in [0.1, 0.15) is 5.56 Å². The molecule has 0 aliphatic heterocycles.